The Balaban J connectivity index is 1.53. The molecule has 1 atom stereocenters. The van der Waals surface area contributed by atoms with Crippen LogP contribution in [0.1, 0.15) is 12.0 Å². The Morgan fingerprint density at radius 3 is 2.28 bits per heavy atom. The minimum atomic E-state index is -0.624. The van der Waals surface area contributed by atoms with Crippen molar-refractivity contribution in [2.24, 2.45) is 5.92 Å². The highest BCUT2D eigenvalue weighted by atomic mass is 35.5. The van der Waals surface area contributed by atoms with Crippen LogP contribution in [0.25, 0.3) is 0 Å². The van der Waals surface area contributed by atoms with Crippen molar-refractivity contribution in [2.45, 2.75) is 12.8 Å². The Morgan fingerprint density at radius 1 is 1.04 bits per heavy atom. The number of carbonyl (C=O) groups is 2. The molecule has 130 valence electrons. The highest BCUT2D eigenvalue weighted by molar-refractivity contribution is 6.30. The Kier molecular flexibility index (Phi) is 5.61. The third-order valence-corrected chi connectivity index (χ3v) is 4.79. The third kappa shape index (κ3) is 4.33. The lowest BCUT2D eigenvalue weighted by atomic mass is 10.1. The van der Waals surface area contributed by atoms with Crippen molar-refractivity contribution >= 4 is 40.7 Å². The minimum absolute atomic E-state index is 0.161. The molecule has 0 radical (unpaired) electrons. The third-order valence-electron chi connectivity index (χ3n) is 4.29. The van der Waals surface area contributed by atoms with Gasteiger partial charge in [-0.05, 0) is 54.8 Å². The Hall–Kier alpha value is -2.04. The van der Waals surface area contributed by atoms with E-state index in [1.807, 2.05) is 24.3 Å². The van der Waals surface area contributed by atoms with Gasteiger partial charge in [-0.3, -0.25) is 9.59 Å². The smallest absolute Gasteiger partial charge is 0.239 e. The fraction of sp³-hybridized carbons (Fsp3) is 0.263. The number of amides is 2. The number of halogens is 2. The van der Waals surface area contributed by atoms with Crippen molar-refractivity contribution in [2.75, 3.05) is 18.0 Å². The predicted molar refractivity (Wildman–Crippen MR) is 100 cm³/mol. The molecule has 0 aromatic heterocycles. The zero-order valence-electron chi connectivity index (χ0n) is 13.5. The average Bonchev–Trinajstić information content (AvgIpc) is 2.99. The first kappa shape index (κ1) is 17.8. The number of hydrogen-bond donors (Lipinski definition) is 1. The molecule has 0 unspecified atom stereocenters. The van der Waals surface area contributed by atoms with Crippen molar-refractivity contribution in [3.63, 3.8) is 0 Å². The Morgan fingerprint density at radius 2 is 1.64 bits per heavy atom. The molecule has 6 heteroatoms. The number of nitrogens with zero attached hydrogens (tertiary/aromatic N) is 1. The lowest BCUT2D eigenvalue weighted by molar-refractivity contribution is -0.132. The molecule has 1 aliphatic heterocycles. The second kappa shape index (κ2) is 7.89. The van der Waals surface area contributed by atoms with E-state index < -0.39 is 5.92 Å². The second-order valence-corrected chi connectivity index (χ2v) is 6.85. The number of rotatable bonds is 5. The molecule has 2 aromatic carbocycles. The Labute approximate surface area is 156 Å². The molecule has 3 rings (SSSR count). The lowest BCUT2D eigenvalue weighted by Gasteiger charge is -2.16. The lowest BCUT2D eigenvalue weighted by Crippen LogP contribution is -2.37. The fourth-order valence-electron chi connectivity index (χ4n) is 2.90. The van der Waals surface area contributed by atoms with Crippen molar-refractivity contribution < 1.29 is 9.59 Å². The summed E-state index contributed by atoms with van der Waals surface area (Å²) in [5, 5.41) is 4.16. The van der Waals surface area contributed by atoms with E-state index >= 15 is 0 Å². The maximum absolute atomic E-state index is 12.5. The SMILES string of the molecule is O=C(NCCc1ccc(Cl)cc1)[C@H]1CCN(c2ccc(Cl)cc2)C1=O. The van der Waals surface area contributed by atoms with Crippen molar-refractivity contribution in [1.82, 2.24) is 5.32 Å². The topological polar surface area (TPSA) is 49.4 Å². The maximum Gasteiger partial charge on any atom is 0.239 e. The van der Waals surface area contributed by atoms with E-state index in [1.165, 1.54) is 0 Å². The van der Waals surface area contributed by atoms with Gasteiger partial charge in [0.05, 0.1) is 0 Å². The highest BCUT2D eigenvalue weighted by Gasteiger charge is 2.37. The summed E-state index contributed by atoms with van der Waals surface area (Å²) in [6, 6.07) is 14.6. The van der Waals surface area contributed by atoms with E-state index in [4.69, 9.17) is 23.2 Å². The molecule has 4 nitrogen and oxygen atoms in total. The summed E-state index contributed by atoms with van der Waals surface area (Å²) in [6.07, 6.45) is 1.22. The van der Waals surface area contributed by atoms with Gasteiger partial charge in [-0.2, -0.15) is 0 Å². The van der Waals surface area contributed by atoms with Gasteiger partial charge >= 0.3 is 0 Å². The monoisotopic (exact) mass is 376 g/mol. The van der Waals surface area contributed by atoms with E-state index in [9.17, 15) is 9.59 Å². The molecule has 25 heavy (non-hydrogen) atoms. The average molecular weight is 377 g/mol. The van der Waals surface area contributed by atoms with Gasteiger partial charge in [0.15, 0.2) is 0 Å². The molecule has 1 heterocycles. The van der Waals surface area contributed by atoms with E-state index in [-0.39, 0.29) is 11.8 Å². The van der Waals surface area contributed by atoms with Crippen LogP contribution in [-0.2, 0) is 16.0 Å². The summed E-state index contributed by atoms with van der Waals surface area (Å²) < 4.78 is 0. The molecule has 2 aromatic rings. The first-order valence-corrected chi connectivity index (χ1v) is 8.89. The van der Waals surface area contributed by atoms with E-state index in [1.54, 1.807) is 29.2 Å². The number of carbonyl (C=O) groups excluding carboxylic acids is 2. The van der Waals surface area contributed by atoms with Crippen molar-refractivity contribution in [3.05, 3.63) is 64.1 Å². The number of anilines is 1. The predicted octanol–water partition coefficient (Wildman–Crippen LogP) is 3.71. The number of nitrogens with one attached hydrogen (secondary N) is 1. The summed E-state index contributed by atoms with van der Waals surface area (Å²) in [6.45, 7) is 1.03. The van der Waals surface area contributed by atoms with Crippen molar-refractivity contribution in [1.29, 1.82) is 0 Å². The fourth-order valence-corrected chi connectivity index (χ4v) is 3.16. The normalized spacial score (nSPS) is 17.0. The number of hydrogen-bond acceptors (Lipinski definition) is 2. The quantitative estimate of drug-likeness (QED) is 0.808. The molecule has 1 fully saturated rings. The van der Waals surface area contributed by atoms with Gasteiger partial charge in [-0.25, -0.2) is 0 Å². The summed E-state index contributed by atoms with van der Waals surface area (Å²) in [7, 11) is 0. The van der Waals surface area contributed by atoms with Crippen LogP contribution >= 0.6 is 23.2 Å². The van der Waals surface area contributed by atoms with Crippen LogP contribution in [0.3, 0.4) is 0 Å². The molecule has 0 spiro atoms. The van der Waals surface area contributed by atoms with Gasteiger partial charge in [0.25, 0.3) is 0 Å². The standard InChI is InChI=1S/C19H18Cl2N2O2/c20-14-3-1-13(2-4-14)9-11-22-18(24)17-10-12-23(19(17)25)16-7-5-15(21)6-8-16/h1-8,17H,9-12H2,(H,22,24)/t17-/m1/s1. The van der Waals surface area contributed by atoms with Crippen molar-refractivity contribution in [3.8, 4) is 0 Å². The molecule has 1 N–H and O–H groups in total. The molecule has 0 aliphatic carbocycles. The molecule has 2 amide bonds. The van der Waals surface area contributed by atoms with Gasteiger partial charge in [0.2, 0.25) is 11.8 Å². The maximum atomic E-state index is 12.5. The number of benzene rings is 2. The van der Waals surface area contributed by atoms with Crippen LogP contribution < -0.4 is 10.2 Å². The van der Waals surface area contributed by atoms with Gasteiger partial charge in [0.1, 0.15) is 5.92 Å². The molecule has 0 saturated carbocycles. The minimum Gasteiger partial charge on any atom is -0.355 e. The van der Waals surface area contributed by atoms with Gasteiger partial charge in [-0.15, -0.1) is 0 Å². The van der Waals surface area contributed by atoms with Crippen LogP contribution in [0.15, 0.2) is 48.5 Å². The van der Waals surface area contributed by atoms with Gasteiger partial charge in [0, 0.05) is 28.8 Å². The summed E-state index contributed by atoms with van der Waals surface area (Å²) in [5.74, 6) is -0.998. The van der Waals surface area contributed by atoms with Gasteiger partial charge in [-0.1, -0.05) is 35.3 Å². The Bertz CT molecular complexity index is 760. The summed E-state index contributed by atoms with van der Waals surface area (Å²) >= 11 is 11.7. The van der Waals surface area contributed by atoms with Crippen LogP contribution in [0, 0.1) is 5.92 Å². The summed E-state index contributed by atoms with van der Waals surface area (Å²) in [4.78, 5) is 26.5. The second-order valence-electron chi connectivity index (χ2n) is 5.98. The van der Waals surface area contributed by atoms with E-state index in [0.29, 0.717) is 36.0 Å². The largest absolute Gasteiger partial charge is 0.355 e. The van der Waals surface area contributed by atoms with Gasteiger partial charge < -0.3 is 10.2 Å². The molecule has 1 saturated heterocycles. The van der Waals surface area contributed by atoms with Crippen LogP contribution in [0.4, 0.5) is 5.69 Å². The first-order chi connectivity index (χ1) is 12.0. The molecular formula is C19H18Cl2N2O2. The zero-order chi connectivity index (χ0) is 17.8. The molecule has 1 aliphatic rings. The molecular weight excluding hydrogens is 359 g/mol. The summed E-state index contributed by atoms with van der Waals surface area (Å²) in [5.41, 5.74) is 1.86. The van der Waals surface area contributed by atoms with Crippen LogP contribution in [-0.4, -0.2) is 24.9 Å². The van der Waals surface area contributed by atoms with Crippen LogP contribution in [0.2, 0.25) is 10.0 Å². The van der Waals surface area contributed by atoms with E-state index in [2.05, 4.69) is 5.32 Å². The van der Waals surface area contributed by atoms with Crippen LogP contribution in [0.5, 0.6) is 0 Å². The first-order valence-electron chi connectivity index (χ1n) is 8.14. The molecule has 0 bridgehead atoms. The zero-order valence-corrected chi connectivity index (χ0v) is 15.1. The highest BCUT2D eigenvalue weighted by Crippen LogP contribution is 2.26. The van der Waals surface area contributed by atoms with E-state index in [0.717, 1.165) is 11.3 Å².